The number of carbonyl (C=O) groups excluding carboxylic acids is 1. The number of hydrogen-bond donors (Lipinski definition) is 1. The number of ether oxygens (including phenoxy) is 1. The fraction of sp³-hybridized carbons (Fsp3) is 0.500. The van der Waals surface area contributed by atoms with Crippen LogP contribution in [0, 0.1) is 17.0 Å². The van der Waals surface area contributed by atoms with Crippen LogP contribution in [-0.2, 0) is 17.9 Å². The molecule has 0 aliphatic carbocycles. The second-order valence-electron chi connectivity index (χ2n) is 5.29. The van der Waals surface area contributed by atoms with Gasteiger partial charge in [0.15, 0.2) is 0 Å². The highest BCUT2D eigenvalue weighted by atomic mass is 16.6. The first-order chi connectivity index (χ1) is 11.3. The maximum Gasteiger partial charge on any atom is 0.350 e. The van der Waals surface area contributed by atoms with Gasteiger partial charge >= 0.3 is 11.6 Å². The fourth-order valence-electron chi connectivity index (χ4n) is 2.38. The lowest BCUT2D eigenvalue weighted by Gasteiger charge is -2.13. The molecule has 10 nitrogen and oxygen atoms in total. The summed E-state index contributed by atoms with van der Waals surface area (Å²) in [4.78, 5) is 22.4. The molecule has 0 saturated heterocycles. The predicted octanol–water partition coefficient (Wildman–Crippen LogP) is 1.20. The van der Waals surface area contributed by atoms with Crippen LogP contribution in [0.15, 0.2) is 12.4 Å². The van der Waals surface area contributed by atoms with Gasteiger partial charge in [-0.25, -0.2) is 0 Å². The van der Waals surface area contributed by atoms with Gasteiger partial charge in [0, 0.05) is 18.3 Å². The molecule has 0 aliphatic heterocycles. The van der Waals surface area contributed by atoms with E-state index in [4.69, 9.17) is 4.74 Å². The maximum absolute atomic E-state index is 12.2. The summed E-state index contributed by atoms with van der Waals surface area (Å²) in [6.07, 6.45) is 3.06. The van der Waals surface area contributed by atoms with Crippen LogP contribution >= 0.6 is 0 Å². The topological polar surface area (TPSA) is 117 Å². The number of aryl methyl sites for hydroxylation is 2. The Balaban J connectivity index is 2.05. The van der Waals surface area contributed by atoms with E-state index in [1.165, 1.54) is 18.0 Å². The van der Waals surface area contributed by atoms with Gasteiger partial charge < -0.3 is 10.1 Å². The Labute approximate surface area is 138 Å². The van der Waals surface area contributed by atoms with E-state index in [0.717, 1.165) is 17.8 Å². The van der Waals surface area contributed by atoms with Gasteiger partial charge in [0.1, 0.15) is 12.7 Å². The zero-order chi connectivity index (χ0) is 17.9. The van der Waals surface area contributed by atoms with Crippen molar-refractivity contribution in [2.45, 2.75) is 39.9 Å². The van der Waals surface area contributed by atoms with Crippen LogP contribution in [0.4, 0.5) is 5.69 Å². The van der Waals surface area contributed by atoms with Crippen LogP contribution in [0.2, 0.25) is 0 Å². The van der Waals surface area contributed by atoms with Crippen molar-refractivity contribution in [3.05, 3.63) is 33.8 Å². The molecule has 1 N–H and O–H groups in total. The third-order valence-electron chi connectivity index (χ3n) is 3.56. The van der Waals surface area contributed by atoms with Gasteiger partial charge in [-0.15, -0.1) is 5.10 Å². The second-order valence-corrected chi connectivity index (χ2v) is 5.29. The largest absolute Gasteiger partial charge is 0.475 e. The van der Waals surface area contributed by atoms with E-state index in [-0.39, 0.29) is 30.1 Å². The molecule has 2 aromatic rings. The smallest absolute Gasteiger partial charge is 0.350 e. The Bertz CT molecular complexity index is 751. The molecule has 1 amide bonds. The first-order valence-corrected chi connectivity index (χ1v) is 7.44. The summed E-state index contributed by atoms with van der Waals surface area (Å²) in [6.45, 7) is 6.32. The van der Waals surface area contributed by atoms with Crippen molar-refractivity contribution in [3.63, 3.8) is 0 Å². The normalized spacial score (nSPS) is 12.0. The summed E-state index contributed by atoms with van der Waals surface area (Å²) in [7, 11) is 1.29. The Morgan fingerprint density at radius 3 is 2.62 bits per heavy atom. The summed E-state index contributed by atoms with van der Waals surface area (Å²) in [5, 5.41) is 21.9. The van der Waals surface area contributed by atoms with Crippen molar-refractivity contribution in [1.29, 1.82) is 0 Å². The molecule has 0 aliphatic rings. The molecule has 1 unspecified atom stereocenters. The molecule has 1 atom stereocenters. The summed E-state index contributed by atoms with van der Waals surface area (Å²) in [5.74, 6) is -0.438. The van der Waals surface area contributed by atoms with Crippen molar-refractivity contribution < 1.29 is 14.5 Å². The fourth-order valence-corrected chi connectivity index (χ4v) is 2.38. The molecule has 24 heavy (non-hydrogen) atoms. The number of nitrogens with one attached hydrogen (secondary N) is 1. The number of amides is 1. The molecule has 10 heteroatoms. The van der Waals surface area contributed by atoms with Crippen LogP contribution in [0.25, 0.3) is 0 Å². The molecule has 130 valence electrons. The highest BCUT2D eigenvalue weighted by molar-refractivity contribution is 5.76. The van der Waals surface area contributed by atoms with Gasteiger partial charge in [-0.3, -0.25) is 24.3 Å². The zero-order valence-corrected chi connectivity index (χ0v) is 14.0. The average molecular weight is 336 g/mol. The standard InChI is InChI=1S/C14H20N6O4/c1-5-18-6-11(10(3)16-18)9(2)15-13(21)8-19-7-12(20(22)23)14(17-19)24-4/h6-7,9H,5,8H2,1-4H3,(H,15,21). The van der Waals surface area contributed by atoms with Crippen LogP contribution in [0.1, 0.15) is 31.1 Å². The van der Waals surface area contributed by atoms with E-state index in [1.807, 2.05) is 27.0 Å². The summed E-state index contributed by atoms with van der Waals surface area (Å²) >= 11 is 0. The number of aromatic nitrogens is 4. The zero-order valence-electron chi connectivity index (χ0n) is 14.0. The molecule has 0 radical (unpaired) electrons. The Hall–Kier alpha value is -2.91. The maximum atomic E-state index is 12.2. The predicted molar refractivity (Wildman–Crippen MR) is 84.6 cm³/mol. The number of carbonyl (C=O) groups is 1. The molecule has 0 bridgehead atoms. The lowest BCUT2D eigenvalue weighted by Crippen LogP contribution is -2.30. The van der Waals surface area contributed by atoms with Gasteiger partial charge in [-0.05, 0) is 20.8 Å². The molecule has 2 aromatic heterocycles. The lowest BCUT2D eigenvalue weighted by molar-refractivity contribution is -0.385. The number of nitrogens with zero attached hydrogens (tertiary/aromatic N) is 5. The highest BCUT2D eigenvalue weighted by Gasteiger charge is 2.22. The monoisotopic (exact) mass is 336 g/mol. The number of rotatable bonds is 7. The lowest BCUT2D eigenvalue weighted by atomic mass is 10.1. The summed E-state index contributed by atoms with van der Waals surface area (Å²) in [6, 6.07) is -0.231. The van der Waals surface area contributed by atoms with Gasteiger partial charge in [0.05, 0.1) is 23.8 Å². The first kappa shape index (κ1) is 17.4. The van der Waals surface area contributed by atoms with Crippen molar-refractivity contribution >= 4 is 11.6 Å². The van der Waals surface area contributed by atoms with Crippen LogP contribution in [0.5, 0.6) is 5.88 Å². The van der Waals surface area contributed by atoms with E-state index in [9.17, 15) is 14.9 Å². The van der Waals surface area contributed by atoms with E-state index in [0.29, 0.717) is 0 Å². The van der Waals surface area contributed by atoms with Gasteiger partial charge in [-0.2, -0.15) is 5.10 Å². The minimum absolute atomic E-state index is 0.124. The molecule has 0 saturated carbocycles. The van der Waals surface area contributed by atoms with Gasteiger partial charge in [0.25, 0.3) is 0 Å². The second kappa shape index (κ2) is 7.11. The SMILES string of the molecule is CCn1cc(C(C)NC(=O)Cn2cc([N+](=O)[O-])c(OC)n2)c(C)n1. The Kier molecular flexibility index (Phi) is 5.17. The van der Waals surface area contributed by atoms with Crippen LogP contribution in [0.3, 0.4) is 0 Å². The van der Waals surface area contributed by atoms with Crippen LogP contribution < -0.4 is 10.1 Å². The number of methoxy groups -OCH3 is 1. The van der Waals surface area contributed by atoms with Gasteiger partial charge in [0.2, 0.25) is 5.91 Å². The van der Waals surface area contributed by atoms with E-state index >= 15 is 0 Å². The summed E-state index contributed by atoms with van der Waals surface area (Å²) in [5.41, 5.74) is 1.49. The molecular formula is C14H20N6O4. The van der Waals surface area contributed by atoms with Gasteiger partial charge in [-0.1, -0.05) is 0 Å². The van der Waals surface area contributed by atoms with Crippen LogP contribution in [-0.4, -0.2) is 37.5 Å². The third-order valence-corrected chi connectivity index (χ3v) is 3.56. The van der Waals surface area contributed by atoms with E-state index in [2.05, 4.69) is 15.5 Å². The molecular weight excluding hydrogens is 316 g/mol. The molecule has 0 aromatic carbocycles. The minimum atomic E-state index is -0.606. The minimum Gasteiger partial charge on any atom is -0.475 e. The highest BCUT2D eigenvalue weighted by Crippen LogP contribution is 2.24. The Morgan fingerprint density at radius 1 is 1.42 bits per heavy atom. The van der Waals surface area contributed by atoms with E-state index in [1.54, 1.807) is 4.68 Å². The summed E-state index contributed by atoms with van der Waals surface area (Å²) < 4.78 is 7.82. The van der Waals surface area contributed by atoms with E-state index < -0.39 is 4.92 Å². The van der Waals surface area contributed by atoms with Crippen molar-refractivity contribution in [2.75, 3.05) is 7.11 Å². The number of hydrogen-bond acceptors (Lipinski definition) is 6. The quantitative estimate of drug-likeness (QED) is 0.600. The number of nitro groups is 1. The third kappa shape index (κ3) is 3.70. The average Bonchev–Trinajstić information content (AvgIpc) is 3.10. The van der Waals surface area contributed by atoms with Crippen molar-refractivity contribution in [1.82, 2.24) is 24.9 Å². The molecule has 2 rings (SSSR count). The first-order valence-electron chi connectivity index (χ1n) is 7.44. The molecule has 0 spiro atoms. The van der Waals surface area contributed by atoms with Crippen molar-refractivity contribution in [3.8, 4) is 5.88 Å². The molecule has 0 fully saturated rings. The Morgan fingerprint density at radius 2 is 2.12 bits per heavy atom. The molecule has 2 heterocycles. The van der Waals surface area contributed by atoms with Crippen molar-refractivity contribution in [2.24, 2.45) is 0 Å².